The smallest absolute Gasteiger partial charge is 0.490 e. The molecule has 0 saturated carbocycles. The van der Waals surface area contributed by atoms with Crippen LogP contribution in [0.3, 0.4) is 0 Å². The van der Waals surface area contributed by atoms with Crippen molar-refractivity contribution in [1.82, 2.24) is 9.97 Å². The summed E-state index contributed by atoms with van der Waals surface area (Å²) in [4.78, 5) is 75.7. The van der Waals surface area contributed by atoms with Crippen LogP contribution in [0, 0.1) is 0 Å². The number of aromatic nitrogens is 2. The Morgan fingerprint density at radius 3 is 1.30 bits per heavy atom. The monoisotopic (exact) mass is 884 g/mol. The number of ether oxygens (including phenoxy) is 4. The zero-order valence-electron chi connectivity index (χ0n) is 33.6. The highest BCUT2D eigenvalue weighted by atomic mass is 19.4. The van der Waals surface area contributed by atoms with Gasteiger partial charge >= 0.3 is 24.1 Å². The molecule has 0 amide bonds. The van der Waals surface area contributed by atoms with Gasteiger partial charge in [-0.1, -0.05) is 0 Å². The number of carboxylic acids is 2. The van der Waals surface area contributed by atoms with Crippen molar-refractivity contribution in [3.05, 3.63) is 146 Å². The predicted molar refractivity (Wildman–Crippen MR) is 225 cm³/mol. The van der Waals surface area contributed by atoms with Crippen molar-refractivity contribution in [3.63, 3.8) is 0 Å². The molecule has 0 spiro atoms. The number of hydrogen-bond acceptors (Lipinski definition) is 12. The SMILES string of the molecule is COc1ccc(-c2[nH]c3cc(C(=O)O)ccc3c(=O)c2O)cc1.COc1ccc(C(=O)COC(=O)c2ccc3c(=O)c(O)c(-c4ccc(OC)cc4)[nH]c3c2)cc1.O=C(O)C(F)(F)F. The van der Waals surface area contributed by atoms with Gasteiger partial charge in [0.1, 0.15) is 17.2 Å². The van der Waals surface area contributed by atoms with Crippen LogP contribution in [0.4, 0.5) is 13.2 Å². The maximum absolute atomic E-state index is 12.7. The van der Waals surface area contributed by atoms with Gasteiger partial charge < -0.3 is 49.3 Å². The Bertz CT molecular complexity index is 2980. The number of aliphatic carboxylic acids is 1. The summed E-state index contributed by atoms with van der Waals surface area (Å²) < 4.78 is 52.2. The maximum Gasteiger partial charge on any atom is 0.490 e. The number of carbonyl (C=O) groups is 4. The summed E-state index contributed by atoms with van der Waals surface area (Å²) in [5.41, 5.74) is 1.73. The molecule has 6 N–H and O–H groups in total. The van der Waals surface area contributed by atoms with E-state index in [-0.39, 0.29) is 39.1 Å². The van der Waals surface area contributed by atoms with E-state index in [1.54, 1.807) is 72.8 Å². The summed E-state index contributed by atoms with van der Waals surface area (Å²) in [6, 6.07) is 28.4. The number of aromatic carboxylic acids is 1. The molecule has 0 aliphatic carbocycles. The third-order valence-corrected chi connectivity index (χ3v) is 9.18. The summed E-state index contributed by atoms with van der Waals surface area (Å²) in [7, 11) is 4.60. The lowest BCUT2D eigenvalue weighted by Gasteiger charge is -2.10. The number of methoxy groups -OCH3 is 3. The summed E-state index contributed by atoms with van der Waals surface area (Å²) in [5, 5.41) is 37.2. The number of fused-ring (bicyclic) bond motifs is 2. The van der Waals surface area contributed by atoms with E-state index in [0.29, 0.717) is 45.0 Å². The number of carbonyl (C=O) groups excluding carboxylic acids is 2. The molecule has 330 valence electrons. The molecule has 5 aromatic carbocycles. The Labute approximate surface area is 358 Å². The summed E-state index contributed by atoms with van der Waals surface area (Å²) in [6.45, 7) is -0.438. The van der Waals surface area contributed by atoms with Crippen molar-refractivity contribution in [2.45, 2.75) is 6.18 Å². The van der Waals surface area contributed by atoms with Crippen molar-refractivity contribution < 1.29 is 71.7 Å². The Morgan fingerprint density at radius 2 is 0.922 bits per heavy atom. The van der Waals surface area contributed by atoms with Crippen molar-refractivity contribution in [2.75, 3.05) is 27.9 Å². The topological polar surface area (TPSA) is 252 Å². The van der Waals surface area contributed by atoms with Crippen LogP contribution in [-0.2, 0) is 9.53 Å². The van der Waals surface area contributed by atoms with Crippen LogP contribution in [0.1, 0.15) is 31.1 Å². The lowest BCUT2D eigenvalue weighted by molar-refractivity contribution is -0.192. The van der Waals surface area contributed by atoms with E-state index >= 15 is 0 Å². The number of hydrogen-bond donors (Lipinski definition) is 6. The number of halogens is 3. The minimum atomic E-state index is -5.08. The van der Waals surface area contributed by atoms with Gasteiger partial charge in [-0.2, -0.15) is 13.2 Å². The zero-order chi connectivity index (χ0) is 46.9. The number of H-pyrrole nitrogens is 2. The molecule has 64 heavy (non-hydrogen) atoms. The Hall–Kier alpha value is -8.61. The summed E-state index contributed by atoms with van der Waals surface area (Å²) in [5.74, 6) is -3.90. The highest BCUT2D eigenvalue weighted by Crippen LogP contribution is 2.30. The third-order valence-electron chi connectivity index (χ3n) is 9.18. The van der Waals surface area contributed by atoms with Crippen molar-refractivity contribution in [1.29, 1.82) is 0 Å². The van der Waals surface area contributed by atoms with E-state index < -0.39 is 53.0 Å². The molecule has 2 heterocycles. The standard InChI is InChI=1S/C26H21NO7.C17H13NO5.C2HF3O2/c1-32-18-8-3-15(4-9-18)22(28)14-34-26(31)17-7-12-20-21(13-17)27-23(25(30)24(20)29)16-5-10-19(33-2)11-6-16;1-23-11-5-2-9(3-6-11)14-16(20)15(19)12-7-4-10(17(21)22)8-13(12)18-14;3-2(4,5)1(6)7/h3-13,30H,14H2,1-2H3,(H,27,29);2-8,20H,1H3,(H,18,19)(H,21,22);(H,6,7). The molecule has 7 rings (SSSR count). The first kappa shape index (κ1) is 46.5. The summed E-state index contributed by atoms with van der Waals surface area (Å²) in [6.07, 6.45) is -5.08. The van der Waals surface area contributed by atoms with Crippen LogP contribution in [0.2, 0.25) is 0 Å². The van der Waals surface area contributed by atoms with Crippen molar-refractivity contribution in [2.24, 2.45) is 0 Å². The molecule has 0 aliphatic heterocycles. The van der Waals surface area contributed by atoms with Gasteiger partial charge in [-0.05, 0) is 109 Å². The molecule has 0 radical (unpaired) electrons. The van der Waals surface area contributed by atoms with Crippen LogP contribution in [0.5, 0.6) is 28.7 Å². The number of pyridine rings is 2. The maximum atomic E-state index is 12.7. The second-order valence-electron chi connectivity index (χ2n) is 13.2. The molecule has 16 nitrogen and oxygen atoms in total. The fourth-order valence-electron chi connectivity index (χ4n) is 5.83. The number of ketones is 1. The van der Waals surface area contributed by atoms with Crippen LogP contribution in [-0.4, -0.2) is 88.2 Å². The first-order valence-corrected chi connectivity index (χ1v) is 18.3. The molecule has 0 fully saturated rings. The number of rotatable bonds is 10. The predicted octanol–water partition coefficient (Wildman–Crippen LogP) is 7.20. The lowest BCUT2D eigenvalue weighted by Crippen LogP contribution is -2.21. The van der Waals surface area contributed by atoms with E-state index in [1.165, 1.54) is 57.7 Å². The molecule has 0 saturated heterocycles. The molecule has 2 aromatic heterocycles. The van der Waals surface area contributed by atoms with Crippen LogP contribution >= 0.6 is 0 Å². The van der Waals surface area contributed by atoms with Gasteiger partial charge in [-0.25, -0.2) is 14.4 Å². The van der Waals surface area contributed by atoms with E-state index in [4.69, 9.17) is 34.0 Å². The number of carboxylic acid groups (broad SMARTS) is 2. The van der Waals surface area contributed by atoms with E-state index in [0.717, 1.165) is 0 Å². The molecular formula is C45H35F3N2O14. The van der Waals surface area contributed by atoms with Crippen LogP contribution in [0.25, 0.3) is 44.3 Å². The number of esters is 1. The first-order chi connectivity index (χ1) is 30.4. The Balaban J connectivity index is 0.000000221. The third kappa shape index (κ3) is 10.8. The fourth-order valence-corrected chi connectivity index (χ4v) is 5.83. The first-order valence-electron chi connectivity index (χ1n) is 18.3. The average Bonchev–Trinajstić information content (AvgIpc) is 3.30. The molecule has 0 bridgehead atoms. The average molecular weight is 885 g/mol. The number of alkyl halides is 3. The van der Waals surface area contributed by atoms with Crippen molar-refractivity contribution >= 4 is 45.5 Å². The van der Waals surface area contributed by atoms with Gasteiger partial charge in [0.15, 0.2) is 23.9 Å². The number of aromatic amines is 2. The van der Waals surface area contributed by atoms with E-state index in [1.807, 2.05) is 0 Å². The zero-order valence-corrected chi connectivity index (χ0v) is 33.6. The largest absolute Gasteiger partial charge is 0.503 e. The van der Waals surface area contributed by atoms with Gasteiger partial charge in [0.05, 0.1) is 54.9 Å². The minimum absolute atomic E-state index is 0.0551. The lowest BCUT2D eigenvalue weighted by atomic mass is 10.1. The van der Waals surface area contributed by atoms with E-state index in [9.17, 15) is 47.4 Å². The molecule has 19 heteroatoms. The molecule has 0 aliphatic rings. The van der Waals surface area contributed by atoms with Gasteiger partial charge in [0.2, 0.25) is 10.9 Å². The Morgan fingerprint density at radius 1 is 0.562 bits per heavy atom. The fraction of sp³-hybridized carbons (Fsp3) is 0.111. The van der Waals surface area contributed by atoms with Gasteiger partial charge in [-0.3, -0.25) is 14.4 Å². The molecular weight excluding hydrogens is 849 g/mol. The van der Waals surface area contributed by atoms with Gasteiger partial charge in [-0.15, -0.1) is 0 Å². The number of benzene rings is 5. The highest BCUT2D eigenvalue weighted by Gasteiger charge is 2.38. The molecule has 0 unspecified atom stereocenters. The summed E-state index contributed by atoms with van der Waals surface area (Å²) >= 11 is 0. The second kappa shape index (κ2) is 19.8. The van der Waals surface area contributed by atoms with Gasteiger partial charge in [0, 0.05) is 27.5 Å². The normalized spacial score (nSPS) is 10.7. The van der Waals surface area contributed by atoms with Crippen molar-refractivity contribution in [3.8, 4) is 51.3 Å². The molecule has 0 atom stereocenters. The Kier molecular flexibility index (Phi) is 14.4. The van der Waals surface area contributed by atoms with Crippen LogP contribution in [0.15, 0.2) is 119 Å². The number of Topliss-reactive ketones (excluding diaryl/α,β-unsaturated/α-hetero) is 1. The van der Waals surface area contributed by atoms with Gasteiger partial charge in [0.25, 0.3) is 0 Å². The van der Waals surface area contributed by atoms with E-state index in [2.05, 4.69) is 9.97 Å². The molecule has 7 aromatic rings. The minimum Gasteiger partial charge on any atom is -0.503 e. The van der Waals surface area contributed by atoms with Crippen LogP contribution < -0.4 is 25.1 Å². The quantitative estimate of drug-likeness (QED) is 0.0587. The number of nitrogens with one attached hydrogen (secondary N) is 2. The highest BCUT2D eigenvalue weighted by molar-refractivity contribution is 6.00. The second-order valence-corrected chi connectivity index (χ2v) is 13.2. The number of aromatic hydroxyl groups is 2.